The maximum absolute atomic E-state index is 2.71. The Kier molecular flexibility index (Phi) is 8.42. The lowest BCUT2D eigenvalue weighted by molar-refractivity contribution is 0.403. The van der Waals surface area contributed by atoms with E-state index >= 15 is 0 Å². The Morgan fingerprint density at radius 1 is 0.540 bits per heavy atom. The summed E-state index contributed by atoms with van der Waals surface area (Å²) in [6.45, 7) is 31.9. The quantitative estimate of drug-likeness (QED) is 0.163. The minimum atomic E-state index is -0.287. The van der Waals surface area contributed by atoms with E-state index in [9.17, 15) is 0 Å². The number of rotatable bonds is 4. The van der Waals surface area contributed by atoms with Crippen molar-refractivity contribution in [1.82, 2.24) is 0 Å². The van der Waals surface area contributed by atoms with E-state index in [2.05, 4.69) is 221 Å². The first kappa shape index (κ1) is 40.7. The van der Waals surface area contributed by atoms with Gasteiger partial charge < -0.3 is 9.80 Å². The van der Waals surface area contributed by atoms with Gasteiger partial charge in [-0.3, -0.25) is 0 Å². The molecule has 11 rings (SSSR count). The summed E-state index contributed by atoms with van der Waals surface area (Å²) in [5, 5.41) is 1.42. The lowest BCUT2D eigenvalue weighted by atomic mass is 9.32. The van der Waals surface area contributed by atoms with Crippen molar-refractivity contribution < 1.29 is 0 Å². The van der Waals surface area contributed by atoms with Crippen molar-refractivity contribution in [3.63, 3.8) is 0 Å². The summed E-state index contributed by atoms with van der Waals surface area (Å²) < 4.78 is 2.90. The fourth-order valence-electron chi connectivity index (χ4n) is 13.3. The molecule has 0 N–H and O–H groups in total. The Morgan fingerprint density at radius 3 is 1.71 bits per heavy atom. The molecule has 0 fully saturated rings. The van der Waals surface area contributed by atoms with Gasteiger partial charge in [-0.2, -0.15) is 0 Å². The zero-order chi connectivity index (χ0) is 44.4. The molecule has 0 atom stereocenters. The van der Waals surface area contributed by atoms with Gasteiger partial charge in [0.25, 0.3) is 6.71 Å². The van der Waals surface area contributed by atoms with Crippen LogP contribution < -0.4 is 25.5 Å². The van der Waals surface area contributed by atoms with Crippen LogP contribution in [0, 0.1) is 0 Å². The number of para-hydroxylation sites is 2. The largest absolute Gasteiger partial charge is 0.311 e. The van der Waals surface area contributed by atoms with Crippen molar-refractivity contribution in [3.8, 4) is 0 Å². The topological polar surface area (TPSA) is 6.48 Å². The van der Waals surface area contributed by atoms with Gasteiger partial charge in [0.1, 0.15) is 0 Å². The highest BCUT2D eigenvalue weighted by molar-refractivity contribution is 7.32. The fraction of sp³-hybridized carbons (Fsp3) is 0.356. The average molecular weight is 843 g/mol. The maximum Gasteiger partial charge on any atom is 0.259 e. The Hall–Kier alpha value is -5.06. The molecule has 6 aromatic carbocycles. The van der Waals surface area contributed by atoms with Crippen molar-refractivity contribution in [2.45, 2.75) is 135 Å². The van der Waals surface area contributed by atoms with E-state index in [1.54, 1.807) is 0 Å². The van der Waals surface area contributed by atoms with E-state index in [4.69, 9.17) is 0 Å². The van der Waals surface area contributed by atoms with Crippen molar-refractivity contribution in [2.24, 2.45) is 0 Å². The normalized spacial score (nSPS) is 19.0. The Balaban J connectivity index is 1.29. The van der Waals surface area contributed by atoms with E-state index in [1.165, 1.54) is 87.5 Å². The molecular weight excluding hydrogens is 780 g/mol. The molecule has 0 bridgehead atoms. The lowest BCUT2D eigenvalue weighted by Crippen LogP contribution is -2.63. The molecular formula is C59H63BN2S. The third kappa shape index (κ3) is 5.88. The van der Waals surface area contributed by atoms with Crippen molar-refractivity contribution in [1.29, 1.82) is 0 Å². The van der Waals surface area contributed by atoms with Gasteiger partial charge >= 0.3 is 0 Å². The highest BCUT2D eigenvalue weighted by Crippen LogP contribution is 2.56. The number of thiophene rings is 1. The number of hydrogen-bond acceptors (Lipinski definition) is 3. The molecule has 4 aliphatic rings. The number of benzene rings is 6. The number of fused-ring (bicyclic) bond motifs is 8. The molecule has 0 amide bonds. The first-order valence-electron chi connectivity index (χ1n) is 23.4. The van der Waals surface area contributed by atoms with Gasteiger partial charge in [0.05, 0.1) is 0 Å². The van der Waals surface area contributed by atoms with E-state index in [-0.39, 0.29) is 39.2 Å². The van der Waals surface area contributed by atoms with Crippen LogP contribution in [0.4, 0.5) is 34.1 Å². The molecule has 0 saturated heterocycles. The first-order valence-corrected chi connectivity index (χ1v) is 24.2. The molecule has 2 nitrogen and oxygen atoms in total. The summed E-state index contributed by atoms with van der Waals surface area (Å²) in [5.74, 6) is 0. The standard InChI is InChI=1S/C59H63BN2S/c1-54(2,3)36-24-27-50-41(28-36)51-53(63-50)60-47-32-44-45(58(10,11)35-57(44,8)9)33-48(47)62(39-25-26-42-43(29-39)56(6,7)34-55(42,4)5)49-31-40(30-46(52(49)60)59(51,12)13)61(37-20-16-14-17-21-37)38-22-18-15-19-23-38/h14-33H,34-35H2,1-13H3. The van der Waals surface area contributed by atoms with Crippen LogP contribution in [0.1, 0.15) is 142 Å². The third-order valence-electron chi connectivity index (χ3n) is 15.8. The van der Waals surface area contributed by atoms with Crippen LogP contribution >= 0.6 is 11.3 Å². The number of anilines is 6. The van der Waals surface area contributed by atoms with Gasteiger partial charge in [0.15, 0.2) is 0 Å². The van der Waals surface area contributed by atoms with Crippen molar-refractivity contribution in [2.75, 3.05) is 9.80 Å². The second kappa shape index (κ2) is 13.0. The van der Waals surface area contributed by atoms with E-state index in [0.717, 1.165) is 24.2 Å². The zero-order valence-electron chi connectivity index (χ0n) is 39.8. The highest BCUT2D eigenvalue weighted by Gasteiger charge is 2.51. The summed E-state index contributed by atoms with van der Waals surface area (Å²) in [7, 11) is 0. The summed E-state index contributed by atoms with van der Waals surface area (Å²) in [4.78, 5) is 5.19. The predicted octanol–water partition coefficient (Wildman–Crippen LogP) is 14.5. The van der Waals surface area contributed by atoms with Crippen LogP contribution in [0.3, 0.4) is 0 Å². The second-order valence-electron chi connectivity index (χ2n) is 23.7. The summed E-state index contributed by atoms with van der Waals surface area (Å²) in [5.41, 5.74) is 20.7. The van der Waals surface area contributed by atoms with E-state index in [1.807, 2.05) is 11.3 Å². The van der Waals surface area contributed by atoms with Crippen LogP contribution in [0.5, 0.6) is 0 Å². The summed E-state index contributed by atoms with van der Waals surface area (Å²) in [6.07, 6.45) is 2.27. The van der Waals surface area contributed by atoms with Gasteiger partial charge in [-0.05, 0) is 167 Å². The molecule has 63 heavy (non-hydrogen) atoms. The molecule has 0 saturated carbocycles. The maximum atomic E-state index is 2.71. The van der Waals surface area contributed by atoms with Crippen molar-refractivity contribution >= 4 is 78.0 Å². The summed E-state index contributed by atoms with van der Waals surface area (Å²) >= 11 is 2.04. The van der Waals surface area contributed by atoms with E-state index < -0.39 is 0 Å². The van der Waals surface area contributed by atoms with Crippen LogP contribution in [-0.4, -0.2) is 6.71 Å². The lowest BCUT2D eigenvalue weighted by Gasteiger charge is -2.46. The van der Waals surface area contributed by atoms with Crippen LogP contribution in [0.15, 0.2) is 121 Å². The Labute approximate surface area is 381 Å². The predicted molar refractivity (Wildman–Crippen MR) is 274 cm³/mol. The van der Waals surface area contributed by atoms with Gasteiger partial charge in [0.2, 0.25) is 0 Å². The molecule has 1 aromatic heterocycles. The molecule has 0 radical (unpaired) electrons. The Bertz CT molecular complexity index is 2990. The monoisotopic (exact) mass is 842 g/mol. The van der Waals surface area contributed by atoms with Gasteiger partial charge in [0, 0.05) is 44.2 Å². The average Bonchev–Trinajstić information content (AvgIpc) is 3.76. The van der Waals surface area contributed by atoms with Crippen LogP contribution in [0.25, 0.3) is 10.1 Å². The smallest absolute Gasteiger partial charge is 0.259 e. The SMILES string of the molecule is CC(C)(C)c1ccc2sc3c(c2c1)C(C)(C)c1cc(N(c2ccccc2)c2ccccc2)cc2c1B3c1cc3c(cc1N2c1ccc2c(c1)C(C)(C)CC2(C)C)C(C)(C)CC3(C)C. The molecule has 318 valence electrons. The van der Waals surface area contributed by atoms with E-state index in [0.29, 0.717) is 0 Å². The molecule has 0 unspecified atom stereocenters. The van der Waals surface area contributed by atoms with Gasteiger partial charge in [-0.15, -0.1) is 11.3 Å². The minimum absolute atomic E-state index is 0.0441. The molecule has 2 aliphatic carbocycles. The van der Waals surface area contributed by atoms with Crippen LogP contribution in [0.2, 0.25) is 0 Å². The minimum Gasteiger partial charge on any atom is -0.311 e. The fourth-order valence-corrected chi connectivity index (χ4v) is 14.8. The molecule has 7 aromatic rings. The zero-order valence-corrected chi connectivity index (χ0v) is 40.7. The first-order chi connectivity index (χ1) is 29.6. The Morgan fingerprint density at radius 2 is 1.11 bits per heavy atom. The van der Waals surface area contributed by atoms with Gasteiger partial charge in [-0.25, -0.2) is 0 Å². The molecule has 3 heterocycles. The third-order valence-corrected chi connectivity index (χ3v) is 17.0. The number of nitrogens with zero attached hydrogens (tertiary/aromatic N) is 2. The molecule has 4 heteroatoms. The van der Waals surface area contributed by atoms with Crippen LogP contribution in [-0.2, 0) is 32.5 Å². The highest BCUT2D eigenvalue weighted by atomic mass is 32.1. The number of hydrogen-bond donors (Lipinski definition) is 0. The summed E-state index contributed by atoms with van der Waals surface area (Å²) in [6, 6.07) is 47.3. The molecule has 2 aliphatic heterocycles. The van der Waals surface area contributed by atoms with Gasteiger partial charge in [-0.1, -0.05) is 145 Å². The second-order valence-corrected chi connectivity index (χ2v) is 24.8. The molecule has 0 spiro atoms. The van der Waals surface area contributed by atoms with Crippen molar-refractivity contribution in [3.05, 3.63) is 160 Å².